The molecule has 0 aromatic carbocycles. The van der Waals surface area contributed by atoms with Crippen molar-refractivity contribution in [1.82, 2.24) is 14.1 Å². The number of esters is 1. The van der Waals surface area contributed by atoms with E-state index in [1.165, 1.54) is 9.21 Å². The molecule has 2 aliphatic heterocycles. The maximum atomic E-state index is 13.1. The Morgan fingerprint density at radius 3 is 2.71 bits per heavy atom. The highest BCUT2D eigenvalue weighted by atomic mass is 32.2. The number of carbonyl (C=O) groups is 1. The van der Waals surface area contributed by atoms with E-state index >= 15 is 0 Å². The molecule has 9 nitrogen and oxygen atoms in total. The Morgan fingerprint density at radius 1 is 1.32 bits per heavy atom. The van der Waals surface area contributed by atoms with Crippen LogP contribution in [0.2, 0.25) is 0 Å². The summed E-state index contributed by atoms with van der Waals surface area (Å²) in [7, 11) is -3.59. The molecule has 0 aliphatic carbocycles. The molecule has 1 aromatic heterocycles. The Bertz CT molecular complexity index is 801. The molecule has 158 valence electrons. The number of hydrogen-bond acceptors (Lipinski definition) is 6. The van der Waals surface area contributed by atoms with Gasteiger partial charge in [0.2, 0.25) is 10.0 Å². The highest BCUT2D eigenvalue weighted by molar-refractivity contribution is 7.89. The maximum absolute atomic E-state index is 13.1. The van der Waals surface area contributed by atoms with Crippen molar-refractivity contribution in [1.29, 1.82) is 0 Å². The van der Waals surface area contributed by atoms with Crippen LogP contribution in [0.25, 0.3) is 0 Å². The summed E-state index contributed by atoms with van der Waals surface area (Å²) >= 11 is 0. The van der Waals surface area contributed by atoms with Gasteiger partial charge in [-0.3, -0.25) is 4.79 Å². The predicted molar refractivity (Wildman–Crippen MR) is 101 cm³/mol. The van der Waals surface area contributed by atoms with Crippen LogP contribution in [-0.4, -0.2) is 74.5 Å². The molecule has 2 fully saturated rings. The average molecular weight is 416 g/mol. The van der Waals surface area contributed by atoms with Crippen molar-refractivity contribution in [3.05, 3.63) is 11.4 Å². The molecule has 3 heterocycles. The van der Waals surface area contributed by atoms with Crippen molar-refractivity contribution in [2.75, 3.05) is 46.0 Å². The molecule has 1 N–H and O–H groups in total. The van der Waals surface area contributed by atoms with E-state index in [1.54, 1.807) is 18.5 Å². The van der Waals surface area contributed by atoms with Crippen LogP contribution in [0.4, 0.5) is 0 Å². The number of piperidine rings is 1. The van der Waals surface area contributed by atoms with E-state index in [4.69, 9.17) is 9.47 Å². The molecule has 2 atom stereocenters. The summed E-state index contributed by atoms with van der Waals surface area (Å²) in [4.78, 5) is 13.6. The zero-order valence-corrected chi connectivity index (χ0v) is 17.8. The van der Waals surface area contributed by atoms with E-state index in [2.05, 4.69) is 5.10 Å². The van der Waals surface area contributed by atoms with Crippen LogP contribution in [0.15, 0.2) is 4.90 Å². The van der Waals surface area contributed by atoms with Gasteiger partial charge in [0.05, 0.1) is 44.3 Å². The van der Waals surface area contributed by atoms with E-state index in [9.17, 15) is 13.2 Å². The fraction of sp³-hybridized carbons (Fsp3) is 0.778. The van der Waals surface area contributed by atoms with Gasteiger partial charge in [-0.1, -0.05) is 0 Å². The number of nitrogens with one attached hydrogen (secondary N) is 1. The van der Waals surface area contributed by atoms with Crippen molar-refractivity contribution < 1.29 is 27.6 Å². The van der Waals surface area contributed by atoms with Crippen LogP contribution in [-0.2, 0) is 31.0 Å². The normalized spacial score (nSPS) is 24.2. The summed E-state index contributed by atoms with van der Waals surface area (Å²) in [5.74, 6) is -0.235. The van der Waals surface area contributed by atoms with Gasteiger partial charge in [0.1, 0.15) is 10.8 Å². The Balaban J connectivity index is 1.75. The molecular formula is C18H31N4O5S+. The van der Waals surface area contributed by atoms with Crippen LogP contribution in [0, 0.1) is 19.8 Å². The number of carbonyl (C=O) groups excluding carboxylic acids is 1. The van der Waals surface area contributed by atoms with Gasteiger partial charge in [0.25, 0.3) is 0 Å². The molecule has 10 heteroatoms. The first-order valence-corrected chi connectivity index (χ1v) is 11.4. The summed E-state index contributed by atoms with van der Waals surface area (Å²) in [5.41, 5.74) is 1.16. The lowest BCUT2D eigenvalue weighted by Gasteiger charge is -2.29. The number of quaternary nitrogens is 1. The molecule has 2 saturated heterocycles. The van der Waals surface area contributed by atoms with E-state index in [-0.39, 0.29) is 11.9 Å². The van der Waals surface area contributed by atoms with Gasteiger partial charge < -0.3 is 14.4 Å². The highest BCUT2D eigenvalue weighted by Gasteiger charge is 2.34. The average Bonchev–Trinajstić information content (AvgIpc) is 2.96. The van der Waals surface area contributed by atoms with Crippen molar-refractivity contribution in [2.24, 2.45) is 5.92 Å². The SMILES string of the molecule is CCOC(=O)[C@@H]1CCC[NH+](Cn2nc(C)c(S(=O)(=O)N3CCOCC3)c2C)C1. The standard InChI is InChI=1S/C18H30N4O5S/c1-4-27-18(23)16-6-5-7-20(12-16)13-22-15(3)17(14(2)19-22)28(24,25)21-8-10-26-11-9-21/h16H,4-13H2,1-3H3/p+1/t16-/m1/s1. The molecule has 1 unspecified atom stereocenters. The lowest BCUT2D eigenvalue weighted by Crippen LogP contribution is -3.13. The fourth-order valence-corrected chi connectivity index (χ4v) is 5.87. The Kier molecular flexibility index (Phi) is 6.74. The van der Waals surface area contributed by atoms with Crippen LogP contribution < -0.4 is 4.90 Å². The largest absolute Gasteiger partial charge is 0.466 e. The summed E-state index contributed by atoms with van der Waals surface area (Å²) < 4.78 is 39.9. The van der Waals surface area contributed by atoms with Crippen molar-refractivity contribution >= 4 is 16.0 Å². The second-order valence-corrected chi connectivity index (χ2v) is 9.34. The minimum atomic E-state index is -3.59. The van der Waals surface area contributed by atoms with Gasteiger partial charge in [-0.25, -0.2) is 13.1 Å². The molecule has 0 saturated carbocycles. The zero-order valence-electron chi connectivity index (χ0n) is 16.9. The topological polar surface area (TPSA) is 95.2 Å². The number of hydrogen-bond donors (Lipinski definition) is 1. The maximum Gasteiger partial charge on any atom is 0.314 e. The summed E-state index contributed by atoms with van der Waals surface area (Å²) in [6.07, 6.45) is 1.78. The third-order valence-electron chi connectivity index (χ3n) is 5.49. The fourth-order valence-electron chi connectivity index (χ4n) is 4.09. The summed E-state index contributed by atoms with van der Waals surface area (Å²) in [5, 5.41) is 4.51. The van der Waals surface area contributed by atoms with Crippen LogP contribution in [0.1, 0.15) is 31.2 Å². The molecular weight excluding hydrogens is 384 g/mol. The molecule has 1 aromatic rings. The predicted octanol–water partition coefficient (Wildman–Crippen LogP) is -0.664. The molecule has 0 radical (unpaired) electrons. The third-order valence-corrected chi connectivity index (χ3v) is 7.65. The van der Waals surface area contributed by atoms with Gasteiger partial charge in [-0.2, -0.15) is 9.40 Å². The minimum Gasteiger partial charge on any atom is -0.466 e. The second-order valence-electron chi connectivity index (χ2n) is 7.47. The van der Waals surface area contributed by atoms with Gasteiger partial charge in [-0.05, 0) is 33.6 Å². The Hall–Kier alpha value is -1.49. The number of likely N-dealkylation sites (tertiary alicyclic amines) is 1. The van der Waals surface area contributed by atoms with Gasteiger partial charge in [0, 0.05) is 13.1 Å². The van der Waals surface area contributed by atoms with Gasteiger partial charge in [-0.15, -0.1) is 0 Å². The lowest BCUT2D eigenvalue weighted by atomic mass is 9.99. The monoisotopic (exact) mass is 415 g/mol. The number of nitrogens with zero attached hydrogens (tertiary/aromatic N) is 3. The summed E-state index contributed by atoms with van der Waals surface area (Å²) in [6, 6.07) is 0. The van der Waals surface area contributed by atoms with E-state index < -0.39 is 10.0 Å². The molecule has 0 bridgehead atoms. The Morgan fingerprint density at radius 2 is 2.04 bits per heavy atom. The molecule has 0 spiro atoms. The molecule has 28 heavy (non-hydrogen) atoms. The third kappa shape index (κ3) is 4.40. The quantitative estimate of drug-likeness (QED) is 0.620. The van der Waals surface area contributed by atoms with Crippen LogP contribution in [0.3, 0.4) is 0 Å². The molecule has 3 rings (SSSR count). The second kappa shape index (κ2) is 8.89. The number of sulfonamides is 1. The number of ether oxygens (including phenoxy) is 2. The first kappa shape index (κ1) is 21.2. The number of morpholine rings is 1. The number of rotatable bonds is 6. The Labute approximate surface area is 166 Å². The first-order valence-electron chi connectivity index (χ1n) is 9.96. The smallest absolute Gasteiger partial charge is 0.314 e. The van der Waals surface area contributed by atoms with E-state index in [0.717, 1.165) is 19.4 Å². The zero-order chi connectivity index (χ0) is 20.3. The van der Waals surface area contributed by atoms with Crippen LogP contribution >= 0.6 is 0 Å². The lowest BCUT2D eigenvalue weighted by molar-refractivity contribution is -0.930. The van der Waals surface area contributed by atoms with Crippen molar-refractivity contribution in [2.45, 2.75) is 45.2 Å². The van der Waals surface area contributed by atoms with Gasteiger partial charge >= 0.3 is 5.97 Å². The minimum absolute atomic E-state index is 0.0998. The van der Waals surface area contributed by atoms with Gasteiger partial charge in [0.15, 0.2) is 6.67 Å². The van der Waals surface area contributed by atoms with E-state index in [1.807, 2.05) is 6.92 Å². The van der Waals surface area contributed by atoms with Crippen LogP contribution in [0.5, 0.6) is 0 Å². The number of aromatic nitrogens is 2. The molecule has 0 amide bonds. The van der Waals surface area contributed by atoms with E-state index in [0.29, 0.717) is 62.4 Å². The first-order chi connectivity index (χ1) is 13.3. The highest BCUT2D eigenvalue weighted by Crippen LogP contribution is 2.24. The van der Waals surface area contributed by atoms with Crippen molar-refractivity contribution in [3.8, 4) is 0 Å². The molecule has 2 aliphatic rings. The number of aryl methyl sites for hydroxylation is 1. The van der Waals surface area contributed by atoms with Crippen molar-refractivity contribution in [3.63, 3.8) is 0 Å². The summed E-state index contributed by atoms with van der Waals surface area (Å²) in [6.45, 7) is 9.48.